The van der Waals surface area contributed by atoms with Gasteiger partial charge in [0.25, 0.3) is 0 Å². The quantitative estimate of drug-likeness (QED) is 0.877. The third-order valence-electron chi connectivity index (χ3n) is 4.28. The number of aryl methyl sites for hydroxylation is 1. The third-order valence-corrected chi connectivity index (χ3v) is 5.18. The maximum absolute atomic E-state index is 11.5. The van der Waals surface area contributed by atoms with E-state index in [1.807, 2.05) is 13.8 Å². The van der Waals surface area contributed by atoms with Gasteiger partial charge < -0.3 is 5.32 Å². The lowest BCUT2D eigenvalue weighted by atomic mass is 9.81. The standard InChI is InChI=1S/C15H24N2O2S/c1-10-7-14(20(16,18)19)9-15(12(10)3)17-11(2)8-13-5-4-6-13/h7,9,11,13,17H,4-6,8H2,1-3H3,(H2,16,18,19). The first-order valence-corrected chi connectivity index (χ1v) is 8.72. The van der Waals surface area contributed by atoms with E-state index in [9.17, 15) is 8.42 Å². The number of nitrogens with one attached hydrogen (secondary N) is 1. The monoisotopic (exact) mass is 296 g/mol. The minimum atomic E-state index is -3.66. The van der Waals surface area contributed by atoms with Crippen molar-refractivity contribution >= 4 is 15.7 Å². The van der Waals surface area contributed by atoms with Gasteiger partial charge in [0.15, 0.2) is 0 Å². The van der Waals surface area contributed by atoms with Crippen LogP contribution in [0.1, 0.15) is 43.7 Å². The van der Waals surface area contributed by atoms with Gasteiger partial charge >= 0.3 is 0 Å². The Hall–Kier alpha value is -1.07. The highest BCUT2D eigenvalue weighted by atomic mass is 32.2. The zero-order valence-electron chi connectivity index (χ0n) is 12.4. The summed E-state index contributed by atoms with van der Waals surface area (Å²) in [5.74, 6) is 0.820. The van der Waals surface area contributed by atoms with Crippen LogP contribution in [0.3, 0.4) is 0 Å². The summed E-state index contributed by atoms with van der Waals surface area (Å²) in [4.78, 5) is 0.180. The predicted molar refractivity (Wildman–Crippen MR) is 82.3 cm³/mol. The molecule has 0 aliphatic heterocycles. The fraction of sp³-hybridized carbons (Fsp3) is 0.600. The molecule has 1 aromatic rings. The van der Waals surface area contributed by atoms with Crippen molar-refractivity contribution in [2.45, 2.75) is 57.4 Å². The third kappa shape index (κ3) is 3.52. The number of rotatable bonds is 5. The second-order valence-corrected chi connectivity index (χ2v) is 7.60. The van der Waals surface area contributed by atoms with Crippen molar-refractivity contribution in [2.24, 2.45) is 11.1 Å². The molecule has 1 unspecified atom stereocenters. The van der Waals surface area contributed by atoms with Crippen LogP contribution in [-0.4, -0.2) is 14.5 Å². The van der Waals surface area contributed by atoms with E-state index in [4.69, 9.17) is 5.14 Å². The Kier molecular flexibility index (Phi) is 4.39. The van der Waals surface area contributed by atoms with Crippen molar-refractivity contribution in [1.82, 2.24) is 0 Å². The van der Waals surface area contributed by atoms with E-state index < -0.39 is 10.0 Å². The minimum absolute atomic E-state index is 0.180. The highest BCUT2D eigenvalue weighted by Crippen LogP contribution is 2.32. The summed E-state index contributed by atoms with van der Waals surface area (Å²) in [6.07, 6.45) is 5.12. The van der Waals surface area contributed by atoms with Crippen LogP contribution in [0.5, 0.6) is 0 Å². The van der Waals surface area contributed by atoms with Crippen molar-refractivity contribution < 1.29 is 8.42 Å². The van der Waals surface area contributed by atoms with Crippen LogP contribution >= 0.6 is 0 Å². The first-order chi connectivity index (χ1) is 9.27. The van der Waals surface area contributed by atoms with Crippen molar-refractivity contribution in [3.8, 4) is 0 Å². The summed E-state index contributed by atoms with van der Waals surface area (Å²) in [5.41, 5.74) is 2.90. The predicted octanol–water partition coefficient (Wildman–Crippen LogP) is 2.94. The molecule has 4 nitrogen and oxygen atoms in total. The molecule has 1 aromatic carbocycles. The van der Waals surface area contributed by atoms with E-state index in [-0.39, 0.29) is 4.90 Å². The maximum Gasteiger partial charge on any atom is 0.238 e. The van der Waals surface area contributed by atoms with Crippen molar-refractivity contribution in [3.05, 3.63) is 23.3 Å². The first kappa shape index (κ1) is 15.3. The molecule has 3 N–H and O–H groups in total. The highest BCUT2D eigenvalue weighted by molar-refractivity contribution is 7.89. The van der Waals surface area contributed by atoms with Crippen LogP contribution in [0.2, 0.25) is 0 Å². The molecule has 0 heterocycles. The van der Waals surface area contributed by atoms with Gasteiger partial charge in [0, 0.05) is 11.7 Å². The van der Waals surface area contributed by atoms with Gasteiger partial charge in [0.2, 0.25) is 10.0 Å². The van der Waals surface area contributed by atoms with Gasteiger partial charge in [-0.2, -0.15) is 0 Å². The van der Waals surface area contributed by atoms with Crippen LogP contribution in [0, 0.1) is 19.8 Å². The topological polar surface area (TPSA) is 72.2 Å². The molecule has 112 valence electrons. The molecule has 0 saturated heterocycles. The van der Waals surface area contributed by atoms with E-state index in [0.29, 0.717) is 6.04 Å². The SMILES string of the molecule is Cc1cc(S(N)(=O)=O)cc(NC(C)CC2CCC2)c1C. The molecule has 1 atom stereocenters. The first-order valence-electron chi connectivity index (χ1n) is 7.18. The average molecular weight is 296 g/mol. The largest absolute Gasteiger partial charge is 0.382 e. The lowest BCUT2D eigenvalue weighted by Gasteiger charge is -2.29. The second kappa shape index (κ2) is 5.74. The number of benzene rings is 1. The summed E-state index contributed by atoms with van der Waals surface area (Å²) in [7, 11) is -3.66. The van der Waals surface area contributed by atoms with Crippen molar-refractivity contribution in [3.63, 3.8) is 0 Å². The molecule has 1 aliphatic carbocycles. The summed E-state index contributed by atoms with van der Waals surface area (Å²) in [6.45, 7) is 6.06. The Morgan fingerprint density at radius 1 is 1.35 bits per heavy atom. The van der Waals surface area contributed by atoms with Gasteiger partial charge in [-0.1, -0.05) is 19.3 Å². The van der Waals surface area contributed by atoms with E-state index in [1.54, 1.807) is 12.1 Å². The summed E-state index contributed by atoms with van der Waals surface area (Å²) in [5, 5.41) is 8.67. The van der Waals surface area contributed by atoms with Crippen LogP contribution in [0.25, 0.3) is 0 Å². The van der Waals surface area contributed by atoms with Gasteiger partial charge in [0.05, 0.1) is 4.90 Å². The molecule has 1 saturated carbocycles. The Morgan fingerprint density at radius 3 is 2.50 bits per heavy atom. The summed E-state index contributed by atoms with van der Waals surface area (Å²) >= 11 is 0. The average Bonchev–Trinajstić information content (AvgIpc) is 2.28. The molecule has 1 aliphatic rings. The van der Waals surface area contributed by atoms with E-state index in [2.05, 4.69) is 12.2 Å². The van der Waals surface area contributed by atoms with Gasteiger partial charge in [0.1, 0.15) is 0 Å². The Morgan fingerprint density at radius 2 is 2.00 bits per heavy atom. The number of hydrogen-bond donors (Lipinski definition) is 2. The summed E-state index contributed by atoms with van der Waals surface area (Å²) < 4.78 is 23.0. The zero-order chi connectivity index (χ0) is 14.9. The number of nitrogens with two attached hydrogens (primary N) is 1. The lowest BCUT2D eigenvalue weighted by Crippen LogP contribution is -2.24. The Balaban J connectivity index is 2.19. The molecular weight excluding hydrogens is 272 g/mol. The number of hydrogen-bond acceptors (Lipinski definition) is 3. The van der Waals surface area contributed by atoms with E-state index >= 15 is 0 Å². The van der Waals surface area contributed by atoms with Gasteiger partial charge in [-0.05, 0) is 56.4 Å². The van der Waals surface area contributed by atoms with Crippen LogP contribution < -0.4 is 10.5 Å². The maximum atomic E-state index is 11.5. The van der Waals surface area contributed by atoms with Crippen molar-refractivity contribution in [2.75, 3.05) is 5.32 Å². The van der Waals surface area contributed by atoms with Gasteiger partial charge in [-0.25, -0.2) is 13.6 Å². The molecule has 0 bridgehead atoms. The smallest absolute Gasteiger partial charge is 0.238 e. The molecule has 20 heavy (non-hydrogen) atoms. The molecule has 5 heteroatoms. The molecule has 0 radical (unpaired) electrons. The Labute approximate surface area is 121 Å². The molecule has 0 amide bonds. The lowest BCUT2D eigenvalue weighted by molar-refractivity contribution is 0.286. The van der Waals surface area contributed by atoms with Gasteiger partial charge in [-0.15, -0.1) is 0 Å². The van der Waals surface area contributed by atoms with Crippen LogP contribution in [0.15, 0.2) is 17.0 Å². The molecule has 2 rings (SSSR count). The van der Waals surface area contributed by atoms with E-state index in [0.717, 1.165) is 29.2 Å². The Bertz CT molecular complexity index is 592. The van der Waals surface area contributed by atoms with Crippen LogP contribution in [0.4, 0.5) is 5.69 Å². The number of anilines is 1. The molecule has 1 fully saturated rings. The molecule has 0 spiro atoms. The molecule has 0 aromatic heterocycles. The fourth-order valence-corrected chi connectivity index (χ4v) is 3.32. The number of primary sulfonamides is 1. The molecular formula is C15H24N2O2S. The summed E-state index contributed by atoms with van der Waals surface area (Å²) in [6, 6.07) is 3.62. The number of sulfonamides is 1. The second-order valence-electron chi connectivity index (χ2n) is 6.04. The normalized spacial score (nSPS) is 17.6. The highest BCUT2D eigenvalue weighted by Gasteiger charge is 2.20. The van der Waals surface area contributed by atoms with Gasteiger partial charge in [-0.3, -0.25) is 0 Å². The minimum Gasteiger partial charge on any atom is -0.382 e. The van der Waals surface area contributed by atoms with Crippen LogP contribution in [-0.2, 0) is 10.0 Å². The fourth-order valence-electron chi connectivity index (χ4n) is 2.69. The van der Waals surface area contributed by atoms with Crippen molar-refractivity contribution in [1.29, 1.82) is 0 Å². The van der Waals surface area contributed by atoms with E-state index in [1.165, 1.54) is 19.3 Å². The zero-order valence-corrected chi connectivity index (χ0v) is 13.3.